The molecule has 0 atom stereocenters. The van der Waals surface area contributed by atoms with Crippen LogP contribution in [0.5, 0.6) is 5.75 Å². The molecule has 0 unspecified atom stereocenters. The Bertz CT molecular complexity index is 1450. The van der Waals surface area contributed by atoms with Crippen LogP contribution in [0.25, 0.3) is 20.2 Å². The highest BCUT2D eigenvalue weighted by Crippen LogP contribution is 2.31. The highest BCUT2D eigenvalue weighted by Gasteiger charge is 2.16. The molecule has 0 spiro atoms. The minimum atomic E-state index is -3.86. The van der Waals surface area contributed by atoms with Gasteiger partial charge in [-0.3, -0.25) is 4.79 Å². The first-order valence-electron chi connectivity index (χ1n) is 11.3. The number of hydrogen-bond donors (Lipinski definition) is 1. The van der Waals surface area contributed by atoms with E-state index in [0.717, 1.165) is 41.3 Å². The fourth-order valence-corrected chi connectivity index (χ4v) is 6.06. The van der Waals surface area contributed by atoms with E-state index in [9.17, 15) is 13.2 Å². The summed E-state index contributed by atoms with van der Waals surface area (Å²) in [4.78, 5) is 15.8. The zero-order chi connectivity index (χ0) is 24.1. The Kier molecular flexibility index (Phi) is 7.50. The summed E-state index contributed by atoms with van der Waals surface area (Å²) in [6.45, 7) is 7.82. The molecular weight excluding hydrogens is 468 g/mol. The molecule has 1 N–H and O–H groups in total. The van der Waals surface area contributed by atoms with Crippen LogP contribution in [0.15, 0.2) is 71.5 Å². The van der Waals surface area contributed by atoms with E-state index in [1.165, 1.54) is 17.4 Å². The molecule has 1 aromatic heterocycles. The second-order valence-electron chi connectivity index (χ2n) is 7.99. The maximum atomic E-state index is 13.5. The van der Waals surface area contributed by atoms with E-state index in [1.807, 2.05) is 24.3 Å². The van der Waals surface area contributed by atoms with Crippen molar-refractivity contribution < 1.29 is 12.6 Å². The number of nitrogens with one attached hydrogen (secondary N) is 1. The van der Waals surface area contributed by atoms with Gasteiger partial charge in [-0.15, -0.1) is 11.3 Å². The first kappa shape index (κ1) is 24.2. The summed E-state index contributed by atoms with van der Waals surface area (Å²) in [6.07, 6.45) is 0. The molecule has 0 saturated heterocycles. The summed E-state index contributed by atoms with van der Waals surface area (Å²) in [6, 6.07) is 19.5. The molecule has 178 valence electrons. The van der Waals surface area contributed by atoms with Crippen molar-refractivity contribution in [2.45, 2.75) is 19.6 Å². The zero-order valence-corrected chi connectivity index (χ0v) is 20.9. The molecule has 0 fully saturated rings. The molecule has 0 amide bonds. The predicted octanol–water partition coefficient (Wildman–Crippen LogP) is 5.08. The van der Waals surface area contributed by atoms with E-state index >= 15 is 0 Å². The Morgan fingerprint density at radius 1 is 0.941 bits per heavy atom. The van der Waals surface area contributed by atoms with E-state index in [4.69, 9.17) is 4.18 Å². The standard InChI is InChI=1S/C26H28N2O4S2/c1-3-28(4-2)16-15-27-22-11-8-12-24-25(22)26(29)21-17-20(13-14-23(21)33-24)32-34(30,31)18-19-9-6-5-7-10-19/h5-14,17,27H,3-4,15-16,18H2,1-2H3. The molecule has 8 heteroatoms. The fourth-order valence-electron chi connectivity index (χ4n) is 3.92. The second-order valence-corrected chi connectivity index (χ2v) is 10.6. The first-order valence-corrected chi connectivity index (χ1v) is 13.7. The number of rotatable bonds is 10. The van der Waals surface area contributed by atoms with Gasteiger partial charge < -0.3 is 14.4 Å². The molecule has 0 saturated carbocycles. The van der Waals surface area contributed by atoms with Gasteiger partial charge in [0.1, 0.15) is 11.5 Å². The molecule has 0 aliphatic rings. The lowest BCUT2D eigenvalue weighted by atomic mass is 10.1. The largest absolute Gasteiger partial charge is 0.383 e. The average Bonchev–Trinajstić information content (AvgIpc) is 2.82. The molecule has 6 nitrogen and oxygen atoms in total. The van der Waals surface area contributed by atoms with Crippen LogP contribution in [0.4, 0.5) is 5.69 Å². The van der Waals surface area contributed by atoms with Gasteiger partial charge in [0.25, 0.3) is 0 Å². The third-order valence-electron chi connectivity index (χ3n) is 5.72. The lowest BCUT2D eigenvalue weighted by Gasteiger charge is -2.19. The Labute approximate surface area is 203 Å². The molecule has 1 heterocycles. The average molecular weight is 497 g/mol. The lowest BCUT2D eigenvalue weighted by molar-refractivity contribution is 0.316. The highest BCUT2D eigenvalue weighted by molar-refractivity contribution is 7.86. The van der Waals surface area contributed by atoms with Crippen molar-refractivity contribution >= 4 is 47.3 Å². The van der Waals surface area contributed by atoms with Crippen molar-refractivity contribution in [3.05, 3.63) is 82.5 Å². The van der Waals surface area contributed by atoms with Gasteiger partial charge in [-0.25, -0.2) is 0 Å². The van der Waals surface area contributed by atoms with Gasteiger partial charge in [0, 0.05) is 33.6 Å². The van der Waals surface area contributed by atoms with Crippen molar-refractivity contribution in [2.24, 2.45) is 0 Å². The molecule has 0 radical (unpaired) electrons. The van der Waals surface area contributed by atoms with Crippen LogP contribution >= 0.6 is 11.3 Å². The molecule has 4 aromatic rings. The summed E-state index contributed by atoms with van der Waals surface area (Å²) in [5.41, 5.74) is 1.29. The quantitative estimate of drug-likeness (QED) is 0.244. The monoisotopic (exact) mass is 496 g/mol. The van der Waals surface area contributed by atoms with E-state index in [-0.39, 0.29) is 16.9 Å². The number of hydrogen-bond acceptors (Lipinski definition) is 7. The second kappa shape index (κ2) is 10.5. The van der Waals surface area contributed by atoms with Crippen molar-refractivity contribution in [3.63, 3.8) is 0 Å². The lowest BCUT2D eigenvalue weighted by Crippen LogP contribution is -2.28. The zero-order valence-electron chi connectivity index (χ0n) is 19.3. The van der Waals surface area contributed by atoms with Crippen LogP contribution < -0.4 is 14.9 Å². The molecular formula is C26H28N2O4S2. The van der Waals surface area contributed by atoms with Crippen LogP contribution in [-0.4, -0.2) is 39.5 Å². The van der Waals surface area contributed by atoms with Gasteiger partial charge in [-0.1, -0.05) is 50.2 Å². The van der Waals surface area contributed by atoms with Gasteiger partial charge in [0.2, 0.25) is 0 Å². The number of benzene rings is 3. The third-order valence-corrected chi connectivity index (χ3v) is 7.99. The van der Waals surface area contributed by atoms with Gasteiger partial charge in [0.15, 0.2) is 5.43 Å². The van der Waals surface area contributed by atoms with Gasteiger partial charge in [0.05, 0.1) is 5.39 Å². The maximum Gasteiger partial charge on any atom is 0.313 e. The topological polar surface area (TPSA) is 75.7 Å². The smallest absolute Gasteiger partial charge is 0.313 e. The van der Waals surface area contributed by atoms with Crippen molar-refractivity contribution in [1.82, 2.24) is 4.90 Å². The molecule has 0 aliphatic carbocycles. The molecule has 4 rings (SSSR count). The predicted molar refractivity (Wildman–Crippen MR) is 142 cm³/mol. The van der Waals surface area contributed by atoms with Crippen molar-refractivity contribution in [2.75, 3.05) is 31.5 Å². The summed E-state index contributed by atoms with van der Waals surface area (Å²) in [7, 11) is -3.86. The van der Waals surface area contributed by atoms with Crippen LogP contribution in [0.1, 0.15) is 19.4 Å². The summed E-state index contributed by atoms with van der Waals surface area (Å²) in [5, 5.41) is 4.47. The van der Waals surface area contributed by atoms with E-state index in [2.05, 4.69) is 24.1 Å². The Morgan fingerprint density at radius 2 is 1.71 bits per heavy atom. The summed E-state index contributed by atoms with van der Waals surface area (Å²) >= 11 is 1.50. The minimum absolute atomic E-state index is 0.138. The number of anilines is 1. The van der Waals surface area contributed by atoms with Crippen LogP contribution in [-0.2, 0) is 15.9 Å². The number of fused-ring (bicyclic) bond motifs is 2. The van der Waals surface area contributed by atoms with Gasteiger partial charge >= 0.3 is 10.1 Å². The molecule has 34 heavy (non-hydrogen) atoms. The highest BCUT2D eigenvalue weighted by atomic mass is 32.2. The van der Waals surface area contributed by atoms with Crippen LogP contribution in [0.3, 0.4) is 0 Å². The normalized spacial score (nSPS) is 11.9. The Balaban J connectivity index is 1.64. The van der Waals surface area contributed by atoms with Gasteiger partial charge in [-0.2, -0.15) is 8.42 Å². The van der Waals surface area contributed by atoms with Crippen LogP contribution in [0, 0.1) is 0 Å². The number of nitrogens with zero attached hydrogens (tertiary/aromatic N) is 1. The summed E-state index contributed by atoms with van der Waals surface area (Å²) in [5.74, 6) is -0.101. The van der Waals surface area contributed by atoms with E-state index in [1.54, 1.807) is 36.4 Å². The van der Waals surface area contributed by atoms with Gasteiger partial charge in [-0.05, 0) is 49.0 Å². The van der Waals surface area contributed by atoms with Crippen molar-refractivity contribution in [1.29, 1.82) is 0 Å². The van der Waals surface area contributed by atoms with Crippen molar-refractivity contribution in [3.8, 4) is 5.75 Å². The van der Waals surface area contributed by atoms with Crippen LogP contribution in [0.2, 0.25) is 0 Å². The molecule has 0 aliphatic heterocycles. The Hall–Kier alpha value is -2.94. The van der Waals surface area contributed by atoms with E-state index < -0.39 is 10.1 Å². The number of likely N-dealkylation sites (N-methyl/N-ethyl adjacent to an activating group) is 1. The molecule has 0 bridgehead atoms. The fraction of sp³-hybridized carbons (Fsp3) is 0.269. The Morgan fingerprint density at radius 3 is 2.44 bits per heavy atom. The minimum Gasteiger partial charge on any atom is -0.383 e. The first-order chi connectivity index (χ1) is 16.4. The third kappa shape index (κ3) is 5.58. The van der Waals surface area contributed by atoms with E-state index in [0.29, 0.717) is 16.3 Å². The SMILES string of the molecule is CCN(CC)CCNc1cccc2sc3ccc(OS(=O)(=O)Cc4ccccc4)cc3c(=O)c12. The molecule has 3 aromatic carbocycles. The maximum absolute atomic E-state index is 13.5. The summed E-state index contributed by atoms with van der Waals surface area (Å²) < 4.78 is 32.1.